The highest BCUT2D eigenvalue weighted by Crippen LogP contribution is 2.69. The van der Waals surface area contributed by atoms with Crippen molar-refractivity contribution >= 4 is 5.97 Å². The molecule has 1 spiro atoms. The van der Waals surface area contributed by atoms with Gasteiger partial charge in [-0.1, -0.05) is 18.2 Å². The first-order valence-electron chi connectivity index (χ1n) is 6.19. The molecule has 0 aromatic heterocycles. The monoisotopic (exact) mass is 270 g/mol. The van der Waals surface area contributed by atoms with E-state index in [0.717, 1.165) is 25.0 Å². The number of hydrogen-bond donors (Lipinski definition) is 1. The lowest BCUT2D eigenvalue weighted by Crippen LogP contribution is -2.49. The first-order chi connectivity index (χ1) is 8.78. The number of alkyl halides is 3. The van der Waals surface area contributed by atoms with E-state index in [9.17, 15) is 23.1 Å². The molecule has 19 heavy (non-hydrogen) atoms. The zero-order valence-electron chi connectivity index (χ0n) is 10.1. The molecular formula is C14H13F3O2. The van der Waals surface area contributed by atoms with Crippen LogP contribution in [0.15, 0.2) is 24.3 Å². The van der Waals surface area contributed by atoms with Crippen molar-refractivity contribution in [1.82, 2.24) is 0 Å². The molecule has 1 aromatic rings. The van der Waals surface area contributed by atoms with E-state index in [0.29, 0.717) is 12.8 Å². The molecular weight excluding hydrogens is 257 g/mol. The summed E-state index contributed by atoms with van der Waals surface area (Å²) < 4.78 is 38.1. The molecule has 2 fully saturated rings. The van der Waals surface area contributed by atoms with Crippen molar-refractivity contribution in [3.8, 4) is 0 Å². The normalized spacial score (nSPS) is 22.9. The predicted octanol–water partition coefficient (Wildman–Crippen LogP) is 3.60. The molecule has 1 aromatic carbocycles. The van der Waals surface area contributed by atoms with Crippen LogP contribution in [0, 0.1) is 5.41 Å². The van der Waals surface area contributed by atoms with Gasteiger partial charge in [0, 0.05) is 0 Å². The van der Waals surface area contributed by atoms with Gasteiger partial charge in [-0.2, -0.15) is 13.2 Å². The molecule has 0 aliphatic heterocycles. The number of carboxylic acid groups (broad SMARTS) is 1. The minimum Gasteiger partial charge on any atom is -0.481 e. The second kappa shape index (κ2) is 3.52. The van der Waals surface area contributed by atoms with E-state index < -0.39 is 23.1 Å². The Morgan fingerprint density at radius 3 is 2.32 bits per heavy atom. The number of hydrogen-bond acceptors (Lipinski definition) is 1. The number of benzene rings is 1. The van der Waals surface area contributed by atoms with Crippen LogP contribution in [0.5, 0.6) is 0 Å². The number of carbonyl (C=O) groups is 1. The molecule has 0 saturated heterocycles. The highest BCUT2D eigenvalue weighted by Gasteiger charge is 2.65. The van der Waals surface area contributed by atoms with Crippen LogP contribution in [0.4, 0.5) is 13.2 Å². The maximum atomic E-state index is 12.7. The van der Waals surface area contributed by atoms with Crippen LogP contribution in [0.2, 0.25) is 0 Å². The topological polar surface area (TPSA) is 37.3 Å². The van der Waals surface area contributed by atoms with Crippen molar-refractivity contribution in [3.05, 3.63) is 35.4 Å². The number of halogens is 3. The molecule has 0 amide bonds. The molecule has 0 unspecified atom stereocenters. The van der Waals surface area contributed by atoms with Gasteiger partial charge in [-0.05, 0) is 42.7 Å². The molecule has 1 N–H and O–H groups in total. The standard InChI is InChI=1S/C14H13F3O2/c15-14(16,17)10-3-1-2-9(6-10)13(11(18)19)7-12(8-13)4-5-12/h1-3,6H,4-5,7-8H2,(H,18,19). The summed E-state index contributed by atoms with van der Waals surface area (Å²) in [4.78, 5) is 11.5. The number of rotatable bonds is 2. The van der Waals surface area contributed by atoms with Crippen LogP contribution in [-0.4, -0.2) is 11.1 Å². The summed E-state index contributed by atoms with van der Waals surface area (Å²) in [5, 5.41) is 9.41. The van der Waals surface area contributed by atoms with Crippen LogP contribution < -0.4 is 0 Å². The van der Waals surface area contributed by atoms with Gasteiger partial charge in [-0.3, -0.25) is 4.79 Å². The van der Waals surface area contributed by atoms with E-state index in [1.54, 1.807) is 0 Å². The van der Waals surface area contributed by atoms with Crippen molar-refractivity contribution in [2.45, 2.75) is 37.3 Å². The van der Waals surface area contributed by atoms with Gasteiger partial charge in [-0.25, -0.2) is 0 Å². The summed E-state index contributed by atoms with van der Waals surface area (Å²) >= 11 is 0. The lowest BCUT2D eigenvalue weighted by Gasteiger charge is -2.45. The minimum absolute atomic E-state index is 0.104. The van der Waals surface area contributed by atoms with E-state index in [4.69, 9.17) is 0 Å². The fourth-order valence-corrected chi connectivity index (χ4v) is 3.23. The van der Waals surface area contributed by atoms with Crippen molar-refractivity contribution in [1.29, 1.82) is 0 Å². The lowest BCUT2D eigenvalue weighted by molar-refractivity contribution is -0.151. The molecule has 0 heterocycles. The first kappa shape index (κ1) is 12.5. The Bertz CT molecular complexity index is 536. The second-order valence-corrected chi connectivity index (χ2v) is 5.82. The Labute approximate surface area is 108 Å². The number of aliphatic carboxylic acids is 1. The van der Waals surface area contributed by atoms with Crippen LogP contribution >= 0.6 is 0 Å². The van der Waals surface area contributed by atoms with Gasteiger partial charge in [-0.15, -0.1) is 0 Å². The average molecular weight is 270 g/mol. The van der Waals surface area contributed by atoms with Crippen LogP contribution in [0.1, 0.15) is 36.8 Å². The third kappa shape index (κ3) is 1.83. The third-order valence-electron chi connectivity index (χ3n) is 4.46. The van der Waals surface area contributed by atoms with E-state index in [-0.39, 0.29) is 11.0 Å². The average Bonchev–Trinajstić information content (AvgIpc) is 3.05. The van der Waals surface area contributed by atoms with Gasteiger partial charge in [0.25, 0.3) is 0 Å². The molecule has 2 aliphatic rings. The molecule has 102 valence electrons. The molecule has 0 bridgehead atoms. The fraction of sp³-hybridized carbons (Fsp3) is 0.500. The largest absolute Gasteiger partial charge is 0.481 e. The van der Waals surface area contributed by atoms with Gasteiger partial charge in [0.05, 0.1) is 11.0 Å². The molecule has 5 heteroatoms. The maximum Gasteiger partial charge on any atom is 0.416 e. The smallest absolute Gasteiger partial charge is 0.416 e. The van der Waals surface area contributed by atoms with E-state index in [2.05, 4.69) is 0 Å². The number of carboxylic acids is 1. The van der Waals surface area contributed by atoms with E-state index in [1.165, 1.54) is 12.1 Å². The first-order valence-corrected chi connectivity index (χ1v) is 6.19. The Kier molecular flexibility index (Phi) is 2.32. The SMILES string of the molecule is O=C(O)C1(c2cccc(C(F)(F)F)c2)CC2(CC2)C1. The van der Waals surface area contributed by atoms with Crippen molar-refractivity contribution in [2.75, 3.05) is 0 Å². The van der Waals surface area contributed by atoms with Gasteiger partial charge in [0.1, 0.15) is 0 Å². The zero-order valence-corrected chi connectivity index (χ0v) is 10.1. The summed E-state index contributed by atoms with van der Waals surface area (Å²) in [6.07, 6.45) is -1.49. The van der Waals surface area contributed by atoms with Gasteiger partial charge in [0.15, 0.2) is 0 Å². The zero-order chi connectivity index (χ0) is 13.9. The Morgan fingerprint density at radius 2 is 1.84 bits per heavy atom. The highest BCUT2D eigenvalue weighted by atomic mass is 19.4. The van der Waals surface area contributed by atoms with Crippen LogP contribution in [0.3, 0.4) is 0 Å². The molecule has 3 rings (SSSR count). The van der Waals surface area contributed by atoms with Gasteiger partial charge >= 0.3 is 12.1 Å². The van der Waals surface area contributed by atoms with Gasteiger partial charge in [0.2, 0.25) is 0 Å². The van der Waals surface area contributed by atoms with Crippen molar-refractivity contribution in [2.24, 2.45) is 5.41 Å². The summed E-state index contributed by atoms with van der Waals surface area (Å²) in [6, 6.07) is 4.76. The van der Waals surface area contributed by atoms with E-state index in [1.807, 2.05) is 0 Å². The molecule has 2 saturated carbocycles. The Morgan fingerprint density at radius 1 is 1.21 bits per heavy atom. The molecule has 0 atom stereocenters. The Hall–Kier alpha value is -1.52. The molecule has 2 nitrogen and oxygen atoms in total. The summed E-state index contributed by atoms with van der Waals surface area (Å²) in [6.45, 7) is 0. The maximum absolute atomic E-state index is 12.7. The highest BCUT2D eigenvalue weighted by molar-refractivity contribution is 5.83. The quantitative estimate of drug-likeness (QED) is 0.891. The van der Waals surface area contributed by atoms with Crippen LogP contribution in [0.25, 0.3) is 0 Å². The second-order valence-electron chi connectivity index (χ2n) is 5.82. The van der Waals surface area contributed by atoms with E-state index >= 15 is 0 Å². The predicted molar refractivity (Wildman–Crippen MR) is 61.7 cm³/mol. The third-order valence-corrected chi connectivity index (χ3v) is 4.46. The summed E-state index contributed by atoms with van der Waals surface area (Å²) in [5.74, 6) is -1.01. The molecule has 0 radical (unpaired) electrons. The summed E-state index contributed by atoms with van der Waals surface area (Å²) in [7, 11) is 0. The minimum atomic E-state index is -4.43. The Balaban J connectivity index is 1.98. The lowest BCUT2D eigenvalue weighted by atomic mass is 9.56. The van der Waals surface area contributed by atoms with Crippen molar-refractivity contribution in [3.63, 3.8) is 0 Å². The van der Waals surface area contributed by atoms with Crippen LogP contribution in [-0.2, 0) is 16.4 Å². The van der Waals surface area contributed by atoms with Gasteiger partial charge < -0.3 is 5.11 Å². The summed E-state index contributed by atoms with van der Waals surface area (Å²) in [5.41, 5.74) is -1.50. The fourth-order valence-electron chi connectivity index (χ4n) is 3.23. The van der Waals surface area contributed by atoms with Crippen molar-refractivity contribution < 1.29 is 23.1 Å². The molecule has 2 aliphatic carbocycles.